The Hall–Kier alpha value is -6.78. The van der Waals surface area contributed by atoms with E-state index in [1.54, 1.807) is 0 Å². The summed E-state index contributed by atoms with van der Waals surface area (Å²) in [6, 6.07) is 57.8. The quantitative estimate of drug-likeness (QED) is 0.176. The van der Waals surface area contributed by atoms with Crippen molar-refractivity contribution in [2.24, 2.45) is 0 Å². The number of para-hydroxylation sites is 2. The molecule has 0 bridgehead atoms. The fourth-order valence-corrected chi connectivity index (χ4v) is 7.94. The van der Waals surface area contributed by atoms with Gasteiger partial charge in [0.05, 0.1) is 22.2 Å². The third kappa shape index (κ3) is 4.47. The summed E-state index contributed by atoms with van der Waals surface area (Å²) in [5.41, 5.74) is 9.04. The van der Waals surface area contributed by atoms with Crippen LogP contribution in [0.1, 0.15) is 13.8 Å². The van der Waals surface area contributed by atoms with Gasteiger partial charge < -0.3 is 4.42 Å². The highest BCUT2D eigenvalue weighted by Gasteiger charge is 2.22. The van der Waals surface area contributed by atoms with Gasteiger partial charge in [-0.05, 0) is 52.1 Å². The summed E-state index contributed by atoms with van der Waals surface area (Å²) < 4.78 is 8.52. The van der Waals surface area contributed by atoms with Crippen molar-refractivity contribution in [2.75, 3.05) is 0 Å². The van der Waals surface area contributed by atoms with Crippen molar-refractivity contribution in [1.82, 2.24) is 14.5 Å². The fourth-order valence-electron chi connectivity index (χ4n) is 7.94. The van der Waals surface area contributed by atoms with Gasteiger partial charge in [0.25, 0.3) is 0 Å². The molecule has 0 fully saturated rings. The van der Waals surface area contributed by atoms with E-state index in [-0.39, 0.29) is 0 Å². The Bertz CT molecular complexity index is 3150. The van der Waals surface area contributed by atoms with Crippen LogP contribution in [-0.2, 0) is 0 Å². The molecule has 0 atom stereocenters. The van der Waals surface area contributed by atoms with E-state index in [1.165, 1.54) is 16.2 Å². The van der Waals surface area contributed by atoms with E-state index in [4.69, 9.17) is 14.4 Å². The van der Waals surface area contributed by atoms with Gasteiger partial charge in [0.2, 0.25) is 5.95 Å². The smallest absolute Gasteiger partial charge is 0.235 e. The van der Waals surface area contributed by atoms with Gasteiger partial charge in [-0.25, -0.2) is 9.97 Å². The second kappa shape index (κ2) is 11.9. The van der Waals surface area contributed by atoms with Crippen LogP contribution in [0.15, 0.2) is 168 Å². The lowest BCUT2D eigenvalue weighted by molar-refractivity contribution is 0.669. The van der Waals surface area contributed by atoms with E-state index >= 15 is 0 Å². The molecule has 0 spiro atoms. The monoisotopic (exact) mass is 667 g/mol. The lowest BCUT2D eigenvalue weighted by atomic mass is 9.98. The number of nitrogens with zero attached hydrogens (tertiary/aromatic N) is 3. The molecule has 11 aromatic rings. The van der Waals surface area contributed by atoms with E-state index < -0.39 is 0 Å². The summed E-state index contributed by atoms with van der Waals surface area (Å²) in [6.45, 7) is 4.00. The Balaban J connectivity index is 0.00000166. The van der Waals surface area contributed by atoms with Crippen LogP contribution < -0.4 is 0 Å². The molecule has 0 saturated heterocycles. The van der Waals surface area contributed by atoms with Crippen molar-refractivity contribution in [2.45, 2.75) is 13.8 Å². The van der Waals surface area contributed by atoms with Crippen LogP contribution in [0.4, 0.5) is 0 Å². The molecular formula is C48H33N3O. The lowest BCUT2D eigenvalue weighted by Crippen LogP contribution is -2.04. The Labute approximate surface area is 300 Å². The molecule has 246 valence electrons. The summed E-state index contributed by atoms with van der Waals surface area (Å²) in [6.07, 6.45) is 0. The number of aromatic nitrogens is 3. The number of rotatable bonds is 3. The average molecular weight is 668 g/mol. The van der Waals surface area contributed by atoms with Crippen LogP contribution in [0.3, 0.4) is 0 Å². The molecular weight excluding hydrogens is 635 g/mol. The van der Waals surface area contributed by atoms with E-state index in [0.29, 0.717) is 5.95 Å². The molecule has 0 N–H and O–H groups in total. The zero-order valence-corrected chi connectivity index (χ0v) is 28.8. The molecule has 3 heterocycles. The standard InChI is InChI=1S/C46H27N3O.C2H6/c1-2-13-30(14-3-1)43-37-24-21-29-12-5-7-16-33(29)44(37)48-46(47-43)49-39-25-22-28-11-4-6-15-32(28)42(39)36-19-10-18-34(45(36)49)31-23-26-41-38(27-31)35-17-8-9-20-40(35)50-41;1-2/h1-27H;1-2H3. The van der Waals surface area contributed by atoms with Gasteiger partial charge in [-0.3, -0.25) is 4.57 Å². The highest BCUT2D eigenvalue weighted by atomic mass is 16.3. The molecule has 11 rings (SSSR count). The van der Waals surface area contributed by atoms with Crippen molar-refractivity contribution in [3.63, 3.8) is 0 Å². The van der Waals surface area contributed by atoms with E-state index in [1.807, 2.05) is 32.0 Å². The minimum Gasteiger partial charge on any atom is -0.456 e. The van der Waals surface area contributed by atoms with E-state index in [2.05, 4.69) is 150 Å². The predicted octanol–water partition coefficient (Wildman–Crippen LogP) is 13.3. The molecule has 0 aliphatic carbocycles. The van der Waals surface area contributed by atoms with Gasteiger partial charge in [-0.1, -0.05) is 147 Å². The summed E-state index contributed by atoms with van der Waals surface area (Å²) in [4.78, 5) is 10.9. The van der Waals surface area contributed by atoms with Gasteiger partial charge in [-0.2, -0.15) is 0 Å². The molecule has 0 saturated carbocycles. The second-order valence-corrected chi connectivity index (χ2v) is 12.9. The lowest BCUT2D eigenvalue weighted by Gasteiger charge is -2.14. The summed E-state index contributed by atoms with van der Waals surface area (Å²) in [5.74, 6) is 0.644. The number of hydrogen-bond donors (Lipinski definition) is 0. The minimum atomic E-state index is 0.644. The molecule has 0 aliphatic rings. The first kappa shape index (κ1) is 30.1. The molecule has 0 radical (unpaired) electrons. The SMILES string of the molecule is CC.c1ccc(-c2nc(-n3c4ccc5ccccc5c4c4cccc(-c5ccc6oc7ccccc7c6c5)c43)nc3c2ccc2ccccc23)cc1. The van der Waals surface area contributed by atoms with Crippen molar-refractivity contribution in [3.8, 4) is 28.3 Å². The zero-order valence-electron chi connectivity index (χ0n) is 28.8. The van der Waals surface area contributed by atoms with Crippen LogP contribution in [0.2, 0.25) is 0 Å². The maximum atomic E-state index is 6.23. The van der Waals surface area contributed by atoms with Crippen molar-refractivity contribution in [3.05, 3.63) is 164 Å². The predicted molar refractivity (Wildman–Crippen MR) is 218 cm³/mol. The highest BCUT2D eigenvalue weighted by Crippen LogP contribution is 2.43. The first-order chi connectivity index (χ1) is 25.8. The Morgan fingerprint density at radius 2 is 1.13 bits per heavy atom. The highest BCUT2D eigenvalue weighted by molar-refractivity contribution is 6.23. The molecule has 0 unspecified atom stereocenters. The largest absolute Gasteiger partial charge is 0.456 e. The Morgan fingerprint density at radius 3 is 1.98 bits per heavy atom. The molecule has 52 heavy (non-hydrogen) atoms. The Morgan fingerprint density at radius 1 is 0.462 bits per heavy atom. The van der Waals surface area contributed by atoms with Crippen LogP contribution in [0.5, 0.6) is 0 Å². The number of hydrogen-bond acceptors (Lipinski definition) is 3. The van der Waals surface area contributed by atoms with Crippen LogP contribution in [-0.4, -0.2) is 14.5 Å². The third-order valence-electron chi connectivity index (χ3n) is 10.2. The van der Waals surface area contributed by atoms with Crippen LogP contribution in [0, 0.1) is 0 Å². The first-order valence-corrected chi connectivity index (χ1v) is 17.9. The summed E-state index contributed by atoms with van der Waals surface area (Å²) >= 11 is 0. The topological polar surface area (TPSA) is 43.9 Å². The summed E-state index contributed by atoms with van der Waals surface area (Å²) in [7, 11) is 0. The first-order valence-electron chi connectivity index (χ1n) is 17.9. The van der Waals surface area contributed by atoms with E-state index in [0.717, 1.165) is 82.4 Å². The minimum absolute atomic E-state index is 0.644. The maximum absolute atomic E-state index is 6.23. The van der Waals surface area contributed by atoms with Gasteiger partial charge in [0.1, 0.15) is 11.2 Å². The van der Waals surface area contributed by atoms with Gasteiger partial charge >= 0.3 is 0 Å². The molecule has 4 nitrogen and oxygen atoms in total. The molecule has 3 aromatic heterocycles. The second-order valence-electron chi connectivity index (χ2n) is 12.9. The maximum Gasteiger partial charge on any atom is 0.235 e. The van der Waals surface area contributed by atoms with E-state index in [9.17, 15) is 0 Å². The van der Waals surface area contributed by atoms with Crippen LogP contribution in [0.25, 0.3) is 105 Å². The zero-order chi connectivity index (χ0) is 34.8. The van der Waals surface area contributed by atoms with Crippen LogP contribution >= 0.6 is 0 Å². The molecule has 4 heteroatoms. The normalized spacial score (nSPS) is 11.7. The number of fused-ring (bicyclic) bond motifs is 11. The van der Waals surface area contributed by atoms with Crippen molar-refractivity contribution < 1.29 is 4.42 Å². The van der Waals surface area contributed by atoms with Crippen molar-refractivity contribution in [1.29, 1.82) is 0 Å². The van der Waals surface area contributed by atoms with Crippen molar-refractivity contribution >= 4 is 76.2 Å². The average Bonchev–Trinajstić information content (AvgIpc) is 3.77. The summed E-state index contributed by atoms with van der Waals surface area (Å²) in [5, 5.41) is 10.3. The van der Waals surface area contributed by atoms with Gasteiger partial charge in [0.15, 0.2) is 0 Å². The molecule has 0 amide bonds. The molecule has 0 aliphatic heterocycles. The van der Waals surface area contributed by atoms with Gasteiger partial charge in [-0.15, -0.1) is 0 Å². The Kier molecular flexibility index (Phi) is 6.90. The number of benzene rings is 8. The van der Waals surface area contributed by atoms with Gasteiger partial charge in [0, 0.05) is 43.4 Å². The fraction of sp³-hybridized carbons (Fsp3) is 0.0417. The molecule has 8 aromatic carbocycles. The third-order valence-corrected chi connectivity index (χ3v) is 10.2. The number of furan rings is 1.